The molecule has 0 aliphatic rings. The maximum absolute atomic E-state index is 12.9. The van der Waals surface area contributed by atoms with Crippen LogP contribution in [0, 0.1) is 6.92 Å². The third-order valence-corrected chi connectivity index (χ3v) is 5.34. The molecular formula is C22H15BrCl2N4O. The van der Waals surface area contributed by atoms with E-state index < -0.39 is 5.91 Å². The number of carbonyl (C=O) groups is 1. The second kappa shape index (κ2) is 8.60. The molecule has 0 fully saturated rings. The second-order valence-electron chi connectivity index (χ2n) is 6.58. The molecule has 0 unspecified atom stereocenters. The lowest BCUT2D eigenvalue weighted by Gasteiger charge is -2.09. The quantitative estimate of drug-likeness (QED) is 0.344. The summed E-state index contributed by atoms with van der Waals surface area (Å²) in [6, 6.07) is 20.0. The first-order chi connectivity index (χ1) is 14.4. The average molecular weight is 502 g/mol. The Balaban J connectivity index is 1.81. The second-order valence-corrected chi connectivity index (χ2v) is 8.36. The first-order valence-corrected chi connectivity index (χ1v) is 10.5. The lowest BCUT2D eigenvalue weighted by atomic mass is 10.2. The molecule has 5 nitrogen and oxygen atoms in total. The fraction of sp³-hybridized carbons (Fsp3) is 0.0455. The number of aryl methyl sites for hydroxylation is 1. The molecule has 1 aromatic heterocycles. The first-order valence-electron chi connectivity index (χ1n) is 8.97. The Hall–Kier alpha value is -2.67. The molecule has 4 rings (SSSR count). The highest BCUT2D eigenvalue weighted by Gasteiger charge is 2.20. The van der Waals surface area contributed by atoms with Crippen molar-refractivity contribution >= 4 is 50.7 Å². The zero-order valence-electron chi connectivity index (χ0n) is 15.7. The minimum absolute atomic E-state index is 0.0318. The van der Waals surface area contributed by atoms with Crippen LogP contribution in [0.4, 0.5) is 5.69 Å². The number of hydrogen-bond acceptors (Lipinski definition) is 3. The standard InChI is InChI=1S/C22H15BrCl2N4O/c1-13-8-9-17(25)12-19(13)29-21(14-4-2-6-16(24)10-14)27-20(28-29)22(30)26-18-7-3-5-15(23)11-18/h2-12H,1H3,(H,26,30). The van der Waals surface area contributed by atoms with Crippen LogP contribution >= 0.6 is 39.1 Å². The van der Waals surface area contributed by atoms with Crippen LogP contribution in [0.15, 0.2) is 71.2 Å². The minimum atomic E-state index is -0.421. The smallest absolute Gasteiger partial charge is 0.295 e. The number of carbonyl (C=O) groups excluding carboxylic acids is 1. The minimum Gasteiger partial charge on any atom is -0.319 e. The molecule has 0 radical (unpaired) electrons. The molecule has 0 atom stereocenters. The van der Waals surface area contributed by atoms with E-state index >= 15 is 0 Å². The zero-order valence-corrected chi connectivity index (χ0v) is 18.8. The van der Waals surface area contributed by atoms with Crippen molar-refractivity contribution in [3.05, 3.63) is 92.6 Å². The van der Waals surface area contributed by atoms with E-state index in [-0.39, 0.29) is 5.82 Å². The van der Waals surface area contributed by atoms with Gasteiger partial charge in [0.05, 0.1) is 5.69 Å². The molecule has 30 heavy (non-hydrogen) atoms. The van der Waals surface area contributed by atoms with Crippen molar-refractivity contribution in [3.8, 4) is 17.1 Å². The largest absolute Gasteiger partial charge is 0.319 e. The molecule has 8 heteroatoms. The third kappa shape index (κ3) is 4.41. The predicted octanol–water partition coefficient (Wildman–Crippen LogP) is 6.56. The van der Waals surface area contributed by atoms with E-state index in [0.717, 1.165) is 21.3 Å². The maximum Gasteiger partial charge on any atom is 0.295 e. The highest BCUT2D eigenvalue weighted by Crippen LogP contribution is 2.27. The van der Waals surface area contributed by atoms with Crippen molar-refractivity contribution in [3.63, 3.8) is 0 Å². The van der Waals surface area contributed by atoms with Gasteiger partial charge in [-0.05, 0) is 55.0 Å². The number of amides is 1. The maximum atomic E-state index is 12.9. The number of anilines is 1. The van der Waals surface area contributed by atoms with Crippen molar-refractivity contribution in [2.75, 3.05) is 5.32 Å². The molecule has 0 saturated heterocycles. The lowest BCUT2D eigenvalue weighted by molar-refractivity contribution is 0.101. The SMILES string of the molecule is Cc1ccc(Cl)cc1-n1nc(C(=O)Nc2cccc(Br)c2)nc1-c1cccc(Cl)c1. The van der Waals surface area contributed by atoms with Gasteiger partial charge in [-0.15, -0.1) is 5.10 Å². The summed E-state index contributed by atoms with van der Waals surface area (Å²) >= 11 is 15.8. The van der Waals surface area contributed by atoms with E-state index in [4.69, 9.17) is 23.2 Å². The summed E-state index contributed by atoms with van der Waals surface area (Å²) in [6.07, 6.45) is 0. The van der Waals surface area contributed by atoms with E-state index in [1.165, 1.54) is 0 Å². The van der Waals surface area contributed by atoms with Gasteiger partial charge in [0.1, 0.15) is 0 Å². The fourth-order valence-electron chi connectivity index (χ4n) is 2.95. The number of benzene rings is 3. The molecule has 0 bridgehead atoms. The van der Waals surface area contributed by atoms with Crippen LogP contribution in [0.3, 0.4) is 0 Å². The fourth-order valence-corrected chi connectivity index (χ4v) is 3.71. The van der Waals surface area contributed by atoms with E-state index in [1.54, 1.807) is 41.1 Å². The van der Waals surface area contributed by atoms with Crippen molar-refractivity contribution < 1.29 is 4.79 Å². The summed E-state index contributed by atoms with van der Waals surface area (Å²) in [7, 11) is 0. The highest BCUT2D eigenvalue weighted by atomic mass is 79.9. The zero-order chi connectivity index (χ0) is 21.3. The van der Waals surface area contributed by atoms with Gasteiger partial charge in [0.25, 0.3) is 5.91 Å². The van der Waals surface area contributed by atoms with Crippen LogP contribution in [-0.2, 0) is 0 Å². The van der Waals surface area contributed by atoms with E-state index in [9.17, 15) is 4.79 Å². The molecule has 1 amide bonds. The Kier molecular flexibility index (Phi) is 5.90. The average Bonchev–Trinajstić information content (AvgIpc) is 3.15. The van der Waals surface area contributed by atoms with Crippen molar-refractivity contribution in [2.45, 2.75) is 6.92 Å². The van der Waals surface area contributed by atoms with E-state index in [2.05, 4.69) is 31.3 Å². The number of rotatable bonds is 4. The summed E-state index contributed by atoms with van der Waals surface area (Å²) in [6.45, 7) is 1.94. The molecule has 1 heterocycles. The van der Waals surface area contributed by atoms with Gasteiger partial charge >= 0.3 is 0 Å². The summed E-state index contributed by atoms with van der Waals surface area (Å²) in [4.78, 5) is 17.4. The van der Waals surface area contributed by atoms with Gasteiger partial charge in [0.2, 0.25) is 5.82 Å². The Labute approximate surface area is 191 Å². The molecule has 0 saturated carbocycles. The molecular weight excluding hydrogens is 487 g/mol. The summed E-state index contributed by atoms with van der Waals surface area (Å²) in [5.74, 6) is 0.0985. The summed E-state index contributed by atoms with van der Waals surface area (Å²) < 4.78 is 2.47. The molecule has 0 aliphatic carbocycles. The first kappa shape index (κ1) is 20.6. The van der Waals surface area contributed by atoms with Crippen molar-refractivity contribution in [1.29, 1.82) is 0 Å². The lowest BCUT2D eigenvalue weighted by Crippen LogP contribution is -2.14. The topological polar surface area (TPSA) is 59.8 Å². The highest BCUT2D eigenvalue weighted by molar-refractivity contribution is 9.10. The van der Waals surface area contributed by atoms with Crippen LogP contribution in [-0.4, -0.2) is 20.7 Å². The van der Waals surface area contributed by atoms with Gasteiger partial charge in [0, 0.05) is 25.8 Å². The normalized spacial score (nSPS) is 10.8. The monoisotopic (exact) mass is 500 g/mol. The summed E-state index contributed by atoms with van der Waals surface area (Å²) in [5, 5.41) is 8.43. The Morgan fingerprint density at radius 2 is 1.77 bits per heavy atom. The van der Waals surface area contributed by atoms with Crippen LogP contribution in [0.25, 0.3) is 17.1 Å². The van der Waals surface area contributed by atoms with Crippen LogP contribution < -0.4 is 5.32 Å². The van der Waals surface area contributed by atoms with Gasteiger partial charge in [-0.3, -0.25) is 4.79 Å². The van der Waals surface area contributed by atoms with E-state index in [0.29, 0.717) is 21.6 Å². The van der Waals surface area contributed by atoms with Gasteiger partial charge in [-0.2, -0.15) is 0 Å². The van der Waals surface area contributed by atoms with Crippen LogP contribution in [0.1, 0.15) is 16.2 Å². The van der Waals surface area contributed by atoms with Crippen molar-refractivity contribution in [2.24, 2.45) is 0 Å². The molecule has 0 spiro atoms. The Morgan fingerprint density at radius 3 is 2.53 bits per heavy atom. The van der Waals surface area contributed by atoms with Crippen molar-refractivity contribution in [1.82, 2.24) is 14.8 Å². The third-order valence-electron chi connectivity index (χ3n) is 4.37. The number of halogens is 3. The van der Waals surface area contributed by atoms with Crippen LogP contribution in [0.2, 0.25) is 10.0 Å². The van der Waals surface area contributed by atoms with E-state index in [1.807, 2.05) is 37.3 Å². The Morgan fingerprint density at radius 1 is 1.00 bits per heavy atom. The van der Waals surface area contributed by atoms with Gasteiger partial charge in [-0.1, -0.05) is 63.4 Å². The van der Waals surface area contributed by atoms with Gasteiger partial charge in [0.15, 0.2) is 5.82 Å². The number of nitrogens with zero attached hydrogens (tertiary/aromatic N) is 3. The number of hydrogen-bond donors (Lipinski definition) is 1. The number of aromatic nitrogens is 3. The molecule has 150 valence electrons. The van der Waals surface area contributed by atoms with Gasteiger partial charge in [-0.25, -0.2) is 9.67 Å². The number of nitrogens with one attached hydrogen (secondary N) is 1. The molecule has 0 aliphatic heterocycles. The molecule has 4 aromatic rings. The Bertz CT molecular complexity index is 1260. The van der Waals surface area contributed by atoms with Crippen LogP contribution in [0.5, 0.6) is 0 Å². The molecule has 1 N–H and O–H groups in total. The molecule has 3 aromatic carbocycles. The predicted molar refractivity (Wildman–Crippen MR) is 124 cm³/mol. The summed E-state index contributed by atoms with van der Waals surface area (Å²) in [5.41, 5.74) is 3.03. The van der Waals surface area contributed by atoms with Gasteiger partial charge < -0.3 is 5.32 Å².